The second kappa shape index (κ2) is 12.8. The fraction of sp³-hybridized carbons (Fsp3) is 0.457. The van der Waals surface area contributed by atoms with Gasteiger partial charge in [0.2, 0.25) is 17.7 Å². The van der Waals surface area contributed by atoms with Gasteiger partial charge in [-0.25, -0.2) is 4.68 Å². The van der Waals surface area contributed by atoms with Crippen LogP contribution in [0.2, 0.25) is 0 Å². The molecule has 0 radical (unpaired) electrons. The largest absolute Gasteiger partial charge is 0.394 e. The molecule has 0 saturated carbocycles. The molecule has 0 aliphatic carbocycles. The molecule has 11 nitrogen and oxygen atoms in total. The van der Waals surface area contributed by atoms with E-state index in [1.54, 1.807) is 26.6 Å². The molecule has 4 heterocycles. The number of aromatic nitrogens is 3. The fourth-order valence-electron chi connectivity index (χ4n) is 7.76. The number of aliphatic hydroxyl groups is 1. The van der Waals surface area contributed by atoms with E-state index in [4.69, 9.17) is 4.74 Å². The standard InChI is InChI=1S/C35H42N6O5/c1-5-18-38(20-24-12-8-7-9-13-24)32(43)29-28-16-17-35(46-28)30(29)33(44)41(27(21-42)23(3)4)31(35)34(45)39(19-6-2)22-40-26-15-11-10-14-25(26)36-37-40/h5-15,23,27-31,42H,1-2,16-22H2,3-4H3/t27-,28+,29-,30-,31?,35?/m0/s1. The lowest BCUT2D eigenvalue weighted by Crippen LogP contribution is -2.59. The minimum Gasteiger partial charge on any atom is -0.394 e. The summed E-state index contributed by atoms with van der Waals surface area (Å²) in [5, 5.41) is 19.1. The predicted octanol–water partition coefficient (Wildman–Crippen LogP) is 3.01. The van der Waals surface area contributed by atoms with Crippen molar-refractivity contribution in [1.82, 2.24) is 29.7 Å². The first-order valence-electron chi connectivity index (χ1n) is 16.0. The number of likely N-dealkylation sites (tertiary alicyclic amines) is 1. The molecule has 1 aromatic heterocycles. The zero-order valence-electron chi connectivity index (χ0n) is 26.4. The highest BCUT2D eigenvalue weighted by Crippen LogP contribution is 2.59. The minimum absolute atomic E-state index is 0.0755. The lowest BCUT2D eigenvalue weighted by molar-refractivity contribution is -0.154. The number of fused-ring (bicyclic) bond motifs is 2. The van der Waals surface area contributed by atoms with Crippen molar-refractivity contribution in [1.29, 1.82) is 0 Å². The van der Waals surface area contributed by atoms with Crippen molar-refractivity contribution < 1.29 is 24.2 Å². The van der Waals surface area contributed by atoms with Crippen LogP contribution in [-0.4, -0.2) is 96.0 Å². The van der Waals surface area contributed by atoms with Gasteiger partial charge < -0.3 is 24.5 Å². The van der Waals surface area contributed by atoms with Gasteiger partial charge in [0.15, 0.2) is 0 Å². The predicted molar refractivity (Wildman–Crippen MR) is 172 cm³/mol. The Labute approximate surface area is 269 Å². The third-order valence-corrected chi connectivity index (χ3v) is 9.83. The van der Waals surface area contributed by atoms with Crippen LogP contribution >= 0.6 is 0 Å². The summed E-state index contributed by atoms with van der Waals surface area (Å²) >= 11 is 0. The first kappa shape index (κ1) is 31.6. The van der Waals surface area contributed by atoms with E-state index in [1.807, 2.05) is 68.4 Å². The summed E-state index contributed by atoms with van der Waals surface area (Å²) in [7, 11) is 0. The van der Waals surface area contributed by atoms with E-state index in [2.05, 4.69) is 23.5 Å². The number of benzene rings is 2. The van der Waals surface area contributed by atoms with E-state index in [0.717, 1.165) is 11.1 Å². The maximum Gasteiger partial charge on any atom is 0.250 e. The number of ether oxygens (including phenoxy) is 1. The van der Waals surface area contributed by atoms with Crippen LogP contribution in [-0.2, 0) is 32.3 Å². The molecule has 3 aliphatic heterocycles. The van der Waals surface area contributed by atoms with Crippen molar-refractivity contribution in [3.8, 4) is 0 Å². The molecule has 6 atom stereocenters. The topological polar surface area (TPSA) is 121 Å². The van der Waals surface area contributed by atoms with Gasteiger partial charge in [-0.05, 0) is 36.5 Å². The Morgan fingerprint density at radius 1 is 1.07 bits per heavy atom. The number of rotatable bonds is 13. The second-order valence-corrected chi connectivity index (χ2v) is 12.9. The highest BCUT2D eigenvalue weighted by Gasteiger charge is 2.75. The third kappa shape index (κ3) is 5.21. The zero-order valence-corrected chi connectivity index (χ0v) is 26.4. The molecule has 6 rings (SSSR count). The van der Waals surface area contributed by atoms with Crippen LogP contribution in [0.3, 0.4) is 0 Å². The van der Waals surface area contributed by atoms with Crippen molar-refractivity contribution in [2.75, 3.05) is 19.7 Å². The molecule has 3 fully saturated rings. The van der Waals surface area contributed by atoms with Crippen molar-refractivity contribution in [3.63, 3.8) is 0 Å². The van der Waals surface area contributed by atoms with Gasteiger partial charge in [-0.1, -0.05) is 73.7 Å². The highest BCUT2D eigenvalue weighted by molar-refractivity contribution is 5.99. The van der Waals surface area contributed by atoms with Crippen molar-refractivity contribution in [2.24, 2.45) is 17.8 Å². The van der Waals surface area contributed by atoms with Crippen LogP contribution in [0.1, 0.15) is 32.3 Å². The van der Waals surface area contributed by atoms with Gasteiger partial charge in [0, 0.05) is 19.6 Å². The summed E-state index contributed by atoms with van der Waals surface area (Å²) < 4.78 is 8.36. The molecule has 3 saturated heterocycles. The molecule has 3 aliphatic rings. The highest BCUT2D eigenvalue weighted by atomic mass is 16.5. The molecule has 46 heavy (non-hydrogen) atoms. The van der Waals surface area contributed by atoms with Crippen LogP contribution in [0, 0.1) is 17.8 Å². The number of nitrogens with zero attached hydrogens (tertiary/aromatic N) is 6. The molecule has 2 unspecified atom stereocenters. The van der Waals surface area contributed by atoms with Crippen LogP contribution in [0.25, 0.3) is 11.0 Å². The van der Waals surface area contributed by atoms with Crippen LogP contribution in [0.4, 0.5) is 0 Å². The van der Waals surface area contributed by atoms with Gasteiger partial charge in [0.1, 0.15) is 23.8 Å². The second-order valence-electron chi connectivity index (χ2n) is 12.9. The van der Waals surface area contributed by atoms with Crippen LogP contribution in [0.15, 0.2) is 79.9 Å². The number of para-hydroxylation sites is 1. The molecular formula is C35H42N6O5. The molecule has 2 aromatic carbocycles. The van der Waals surface area contributed by atoms with Gasteiger partial charge in [-0.15, -0.1) is 18.3 Å². The summed E-state index contributed by atoms with van der Waals surface area (Å²) in [6, 6.07) is 15.5. The Bertz CT molecular complexity index is 1620. The maximum absolute atomic E-state index is 14.8. The first-order chi connectivity index (χ1) is 22.2. The van der Waals surface area contributed by atoms with Crippen molar-refractivity contribution in [3.05, 3.63) is 85.5 Å². The molecule has 3 amide bonds. The quantitative estimate of drug-likeness (QED) is 0.290. The van der Waals surface area contributed by atoms with Gasteiger partial charge in [0.05, 0.1) is 36.1 Å². The maximum atomic E-state index is 14.8. The number of amides is 3. The van der Waals surface area contributed by atoms with Gasteiger partial charge in [-0.3, -0.25) is 14.4 Å². The van der Waals surface area contributed by atoms with Gasteiger partial charge in [0.25, 0.3) is 0 Å². The smallest absolute Gasteiger partial charge is 0.250 e. The molecule has 1 spiro atoms. The number of hydrogen-bond acceptors (Lipinski definition) is 7. The summed E-state index contributed by atoms with van der Waals surface area (Å²) in [6.07, 6.45) is 3.82. The Kier molecular flexibility index (Phi) is 8.80. The van der Waals surface area contributed by atoms with Crippen molar-refractivity contribution in [2.45, 2.75) is 63.7 Å². The normalized spacial score (nSPS) is 25.6. The molecule has 1 N–H and O–H groups in total. The van der Waals surface area contributed by atoms with E-state index in [9.17, 15) is 19.5 Å². The van der Waals surface area contributed by atoms with E-state index in [-0.39, 0.29) is 43.5 Å². The lowest BCUT2D eigenvalue weighted by atomic mass is 9.70. The van der Waals surface area contributed by atoms with Gasteiger partial charge in [-0.2, -0.15) is 0 Å². The first-order valence-corrected chi connectivity index (χ1v) is 16.0. The Hall–Kier alpha value is -4.35. The summed E-state index contributed by atoms with van der Waals surface area (Å²) in [4.78, 5) is 48.7. The minimum atomic E-state index is -1.21. The summed E-state index contributed by atoms with van der Waals surface area (Å²) in [5.74, 6) is -2.63. The summed E-state index contributed by atoms with van der Waals surface area (Å²) in [5.41, 5.74) is 1.21. The summed E-state index contributed by atoms with van der Waals surface area (Å²) in [6.45, 7) is 12.2. The fourth-order valence-corrected chi connectivity index (χ4v) is 7.76. The monoisotopic (exact) mass is 626 g/mol. The van der Waals surface area contributed by atoms with E-state index in [1.165, 1.54) is 4.90 Å². The zero-order chi connectivity index (χ0) is 32.6. The average molecular weight is 627 g/mol. The molecular weight excluding hydrogens is 584 g/mol. The number of hydrogen-bond donors (Lipinski definition) is 1. The van der Waals surface area contributed by atoms with E-state index < -0.39 is 35.6 Å². The van der Waals surface area contributed by atoms with E-state index in [0.29, 0.717) is 31.4 Å². The number of aliphatic hydroxyl groups excluding tert-OH is 1. The lowest BCUT2D eigenvalue weighted by Gasteiger charge is -2.40. The Morgan fingerprint density at radius 2 is 1.76 bits per heavy atom. The van der Waals surface area contributed by atoms with E-state index >= 15 is 0 Å². The van der Waals surface area contributed by atoms with Crippen molar-refractivity contribution >= 4 is 28.8 Å². The van der Waals surface area contributed by atoms with Crippen LogP contribution < -0.4 is 0 Å². The van der Waals surface area contributed by atoms with Crippen LogP contribution in [0.5, 0.6) is 0 Å². The molecule has 3 aromatic rings. The molecule has 11 heteroatoms. The number of carbonyl (C=O) groups excluding carboxylic acids is 3. The average Bonchev–Trinajstić information content (AvgIpc) is 3.81. The molecule has 2 bridgehead atoms. The number of carbonyl (C=O) groups is 3. The van der Waals surface area contributed by atoms with Gasteiger partial charge >= 0.3 is 0 Å². The Balaban J connectivity index is 1.38. The SMILES string of the molecule is C=CCN(Cn1nnc2ccccc21)C(=O)C1N([C@@H](CO)C(C)C)C(=O)[C@@H]2[C@@H](C(=O)N(CC=C)Cc3ccccc3)[C@H]3CCC12O3. The molecule has 242 valence electrons. The third-order valence-electron chi connectivity index (χ3n) is 9.83. The Morgan fingerprint density at radius 3 is 2.46 bits per heavy atom.